The molecule has 1 aliphatic rings. The molecule has 2 aromatic heterocycles. The van der Waals surface area contributed by atoms with E-state index in [0.717, 1.165) is 29.5 Å². The highest BCUT2D eigenvalue weighted by molar-refractivity contribution is 7.80. The number of pyridine rings is 1. The Morgan fingerprint density at radius 3 is 2.67 bits per heavy atom. The molecule has 4 rings (SSSR count). The molecule has 0 radical (unpaired) electrons. The predicted octanol–water partition coefficient (Wildman–Crippen LogP) is 4.95. The van der Waals surface area contributed by atoms with Crippen molar-refractivity contribution < 1.29 is 4.42 Å². The number of nitrogens with zero attached hydrogens (tertiary/aromatic N) is 1. The number of nitrogens with one attached hydrogen (secondary N) is 2. The van der Waals surface area contributed by atoms with Gasteiger partial charge in [0.2, 0.25) is 0 Å². The number of furan rings is 1. The minimum Gasteiger partial charge on any atom is -0.467 e. The fourth-order valence-electron chi connectivity index (χ4n) is 4.15. The second kappa shape index (κ2) is 9.04. The van der Waals surface area contributed by atoms with Gasteiger partial charge in [-0.05, 0) is 85.8 Å². The molecule has 0 aliphatic heterocycles. The van der Waals surface area contributed by atoms with Crippen LogP contribution in [0.1, 0.15) is 54.6 Å². The molecule has 1 aromatic carbocycles. The van der Waals surface area contributed by atoms with E-state index in [1.54, 1.807) is 6.26 Å². The van der Waals surface area contributed by atoms with Crippen molar-refractivity contribution >= 4 is 28.2 Å². The van der Waals surface area contributed by atoms with Crippen molar-refractivity contribution in [2.24, 2.45) is 0 Å². The Morgan fingerprint density at radius 1 is 1.17 bits per heavy atom. The van der Waals surface area contributed by atoms with Crippen LogP contribution in [0.15, 0.2) is 45.8 Å². The van der Waals surface area contributed by atoms with Gasteiger partial charge in [0.05, 0.1) is 19.4 Å². The van der Waals surface area contributed by atoms with E-state index in [4.69, 9.17) is 16.6 Å². The van der Waals surface area contributed by atoms with Crippen LogP contribution in [0, 0.1) is 13.8 Å². The van der Waals surface area contributed by atoms with Crippen LogP contribution >= 0.6 is 12.2 Å². The normalized spacial score (nSPS) is 14.7. The van der Waals surface area contributed by atoms with Gasteiger partial charge in [0, 0.05) is 17.1 Å². The first-order valence-corrected chi connectivity index (χ1v) is 11.1. The van der Waals surface area contributed by atoms with E-state index in [0.29, 0.717) is 29.8 Å². The van der Waals surface area contributed by atoms with Crippen LogP contribution in [0.25, 0.3) is 10.9 Å². The smallest absolute Gasteiger partial charge is 0.253 e. The summed E-state index contributed by atoms with van der Waals surface area (Å²) in [6.07, 6.45) is 7.72. The van der Waals surface area contributed by atoms with E-state index >= 15 is 0 Å². The van der Waals surface area contributed by atoms with Crippen LogP contribution < -0.4 is 10.9 Å². The van der Waals surface area contributed by atoms with Crippen molar-refractivity contribution in [3.63, 3.8) is 0 Å². The molecular formula is C24H29N3O2S. The molecule has 2 heterocycles. The highest BCUT2D eigenvalue weighted by Crippen LogP contribution is 2.20. The second-order valence-electron chi connectivity index (χ2n) is 8.37. The van der Waals surface area contributed by atoms with Gasteiger partial charge in [-0.2, -0.15) is 0 Å². The lowest BCUT2D eigenvalue weighted by Crippen LogP contribution is -2.45. The number of hydrogen-bond acceptors (Lipinski definition) is 3. The lowest BCUT2D eigenvalue weighted by atomic mass is 9.96. The molecule has 0 unspecified atom stereocenters. The molecule has 0 amide bonds. The Balaban J connectivity index is 1.60. The van der Waals surface area contributed by atoms with Gasteiger partial charge in [0.15, 0.2) is 5.11 Å². The maximum absolute atomic E-state index is 12.8. The minimum atomic E-state index is -0.0735. The van der Waals surface area contributed by atoms with Gasteiger partial charge >= 0.3 is 0 Å². The number of rotatable bonds is 5. The van der Waals surface area contributed by atoms with Gasteiger partial charge in [0.1, 0.15) is 5.76 Å². The summed E-state index contributed by atoms with van der Waals surface area (Å²) >= 11 is 5.77. The van der Waals surface area contributed by atoms with Crippen molar-refractivity contribution in [2.75, 3.05) is 0 Å². The van der Waals surface area contributed by atoms with Crippen molar-refractivity contribution in [1.29, 1.82) is 0 Å². The molecule has 0 saturated heterocycles. The SMILES string of the molecule is Cc1cc2cc(CN(Cc3ccco3)C(=S)NC3CCCCC3)c(=O)[nH]c2cc1C. The summed E-state index contributed by atoms with van der Waals surface area (Å²) in [5, 5.41) is 5.25. The van der Waals surface area contributed by atoms with Crippen molar-refractivity contribution in [1.82, 2.24) is 15.2 Å². The van der Waals surface area contributed by atoms with Crippen LogP contribution in [0.4, 0.5) is 0 Å². The molecule has 0 spiro atoms. The first-order valence-electron chi connectivity index (χ1n) is 10.7. The van der Waals surface area contributed by atoms with Gasteiger partial charge < -0.3 is 19.6 Å². The summed E-state index contributed by atoms with van der Waals surface area (Å²) in [5.41, 5.74) is 3.87. The first-order chi connectivity index (χ1) is 14.5. The fraction of sp³-hybridized carbons (Fsp3) is 0.417. The monoisotopic (exact) mass is 423 g/mol. The third-order valence-corrected chi connectivity index (χ3v) is 6.42. The van der Waals surface area contributed by atoms with Crippen LogP contribution in [-0.4, -0.2) is 21.0 Å². The largest absolute Gasteiger partial charge is 0.467 e. The quantitative estimate of drug-likeness (QED) is 0.569. The topological polar surface area (TPSA) is 61.3 Å². The Morgan fingerprint density at radius 2 is 1.93 bits per heavy atom. The number of H-pyrrole nitrogens is 1. The highest BCUT2D eigenvalue weighted by Gasteiger charge is 2.20. The molecule has 5 nitrogen and oxygen atoms in total. The van der Waals surface area contributed by atoms with Gasteiger partial charge in [-0.15, -0.1) is 0 Å². The maximum Gasteiger partial charge on any atom is 0.253 e. The zero-order chi connectivity index (χ0) is 21.1. The highest BCUT2D eigenvalue weighted by atomic mass is 32.1. The number of aromatic amines is 1. The minimum absolute atomic E-state index is 0.0735. The van der Waals surface area contributed by atoms with Crippen molar-refractivity contribution in [3.05, 3.63) is 69.4 Å². The van der Waals surface area contributed by atoms with Crippen LogP contribution in [-0.2, 0) is 13.1 Å². The summed E-state index contributed by atoms with van der Waals surface area (Å²) in [6, 6.07) is 10.4. The van der Waals surface area contributed by atoms with E-state index in [9.17, 15) is 4.79 Å². The summed E-state index contributed by atoms with van der Waals surface area (Å²) in [4.78, 5) is 17.9. The molecule has 2 N–H and O–H groups in total. The van der Waals surface area contributed by atoms with E-state index in [2.05, 4.69) is 30.2 Å². The first kappa shape index (κ1) is 20.7. The third-order valence-electron chi connectivity index (χ3n) is 6.04. The lowest BCUT2D eigenvalue weighted by Gasteiger charge is -2.30. The molecule has 0 atom stereocenters. The van der Waals surface area contributed by atoms with E-state index in [-0.39, 0.29) is 5.56 Å². The predicted molar refractivity (Wildman–Crippen MR) is 125 cm³/mol. The number of benzene rings is 1. The molecule has 1 aliphatic carbocycles. The average molecular weight is 424 g/mol. The van der Waals surface area contributed by atoms with Gasteiger partial charge in [-0.25, -0.2) is 0 Å². The summed E-state index contributed by atoms with van der Waals surface area (Å²) in [6.45, 7) is 5.10. The Labute approximate surface area is 182 Å². The van der Waals surface area contributed by atoms with Crippen molar-refractivity contribution in [2.45, 2.75) is 65.1 Å². The number of thiocarbonyl (C=S) groups is 1. The number of hydrogen-bond donors (Lipinski definition) is 2. The lowest BCUT2D eigenvalue weighted by molar-refractivity contribution is 0.334. The Bertz CT molecular complexity index is 1080. The summed E-state index contributed by atoms with van der Waals surface area (Å²) in [5.74, 6) is 0.825. The molecule has 6 heteroatoms. The molecule has 1 fully saturated rings. The molecule has 30 heavy (non-hydrogen) atoms. The zero-order valence-corrected chi connectivity index (χ0v) is 18.5. The zero-order valence-electron chi connectivity index (χ0n) is 17.7. The van der Waals surface area contributed by atoms with Crippen LogP contribution in [0.5, 0.6) is 0 Å². The van der Waals surface area contributed by atoms with Crippen LogP contribution in [0.2, 0.25) is 0 Å². The Hall–Kier alpha value is -2.60. The molecule has 1 saturated carbocycles. The van der Waals surface area contributed by atoms with Crippen LogP contribution in [0.3, 0.4) is 0 Å². The van der Waals surface area contributed by atoms with Crippen molar-refractivity contribution in [3.8, 4) is 0 Å². The molecule has 158 valence electrons. The number of fused-ring (bicyclic) bond motifs is 1. The number of aromatic nitrogens is 1. The standard InChI is InChI=1S/C24H29N3O2S/c1-16-11-18-13-19(23(28)26-22(18)12-17(16)2)14-27(15-21-9-6-10-29-21)24(30)25-20-7-4-3-5-8-20/h6,9-13,20H,3-5,7-8,14-15H2,1-2H3,(H,25,30)(H,26,28). The Kier molecular flexibility index (Phi) is 6.23. The number of aryl methyl sites for hydroxylation is 2. The summed E-state index contributed by atoms with van der Waals surface area (Å²) < 4.78 is 5.56. The van der Waals surface area contributed by atoms with Gasteiger partial charge in [-0.1, -0.05) is 19.3 Å². The molecule has 3 aromatic rings. The molecule has 0 bridgehead atoms. The maximum atomic E-state index is 12.8. The third kappa shape index (κ3) is 4.75. The van der Waals surface area contributed by atoms with Gasteiger partial charge in [-0.3, -0.25) is 4.79 Å². The van der Waals surface area contributed by atoms with E-state index in [1.165, 1.54) is 30.4 Å². The van der Waals surface area contributed by atoms with Gasteiger partial charge in [0.25, 0.3) is 5.56 Å². The fourth-order valence-corrected chi connectivity index (χ4v) is 4.44. The van der Waals surface area contributed by atoms with E-state index < -0.39 is 0 Å². The molecular weight excluding hydrogens is 394 g/mol. The summed E-state index contributed by atoms with van der Waals surface area (Å²) in [7, 11) is 0. The second-order valence-corrected chi connectivity index (χ2v) is 8.75. The average Bonchev–Trinajstić information content (AvgIpc) is 3.23. The van der Waals surface area contributed by atoms with E-state index in [1.807, 2.05) is 29.2 Å².